The van der Waals surface area contributed by atoms with Gasteiger partial charge in [0.05, 0.1) is 6.61 Å². The van der Waals surface area contributed by atoms with E-state index in [-0.39, 0.29) is 62.7 Å². The van der Waals surface area contributed by atoms with Crippen LogP contribution in [0.2, 0.25) is 0 Å². The number of amides is 2. The Morgan fingerprint density at radius 3 is 2.11 bits per heavy atom. The fourth-order valence-electron chi connectivity index (χ4n) is 2.50. The molecule has 0 aliphatic carbocycles. The lowest BCUT2D eigenvalue weighted by Crippen LogP contribution is -2.47. The number of esters is 1. The van der Waals surface area contributed by atoms with Gasteiger partial charge in [0, 0.05) is 43.5 Å². The summed E-state index contributed by atoms with van der Waals surface area (Å²) in [5, 5.41) is 32.3. The molecule has 36 heavy (non-hydrogen) atoms. The fourth-order valence-corrected chi connectivity index (χ4v) is 3.20. The van der Waals surface area contributed by atoms with E-state index in [1.54, 1.807) is 0 Å². The number of nitrogens with two attached hydrogens (primary N) is 2. The van der Waals surface area contributed by atoms with Gasteiger partial charge in [0.15, 0.2) is 5.12 Å². The second-order valence-corrected chi connectivity index (χ2v) is 9.78. The van der Waals surface area contributed by atoms with E-state index >= 15 is 0 Å². The highest BCUT2D eigenvalue weighted by Crippen LogP contribution is 2.22. The Bertz CT molecular complexity index is 793. The first kappa shape index (κ1) is 33.2. The number of aliphatic carboxylic acids is 2. The number of hydrogen-bond acceptors (Lipinski definition) is 11. The predicted octanol–water partition coefficient (Wildman–Crippen LogP) is -1.82. The van der Waals surface area contributed by atoms with Crippen molar-refractivity contribution in [1.82, 2.24) is 10.6 Å². The molecule has 0 fully saturated rings. The molecule has 0 heterocycles. The highest BCUT2D eigenvalue weighted by molar-refractivity contribution is 8.13. The van der Waals surface area contributed by atoms with Crippen molar-refractivity contribution in [1.29, 1.82) is 0 Å². The van der Waals surface area contributed by atoms with Gasteiger partial charge in [-0.1, -0.05) is 25.6 Å². The molecular formula is C21H36N4O10S. The van der Waals surface area contributed by atoms with Crippen LogP contribution in [-0.4, -0.2) is 93.8 Å². The Hall–Kier alpha value is -2.75. The number of carbonyl (C=O) groups excluding carboxylic acids is 4. The second-order valence-electron chi connectivity index (χ2n) is 8.63. The summed E-state index contributed by atoms with van der Waals surface area (Å²) in [5.41, 5.74) is 9.69. The zero-order valence-electron chi connectivity index (χ0n) is 20.4. The first-order chi connectivity index (χ1) is 16.7. The summed E-state index contributed by atoms with van der Waals surface area (Å²) >= 11 is 0.945. The van der Waals surface area contributed by atoms with Gasteiger partial charge in [-0.05, 0) is 12.8 Å². The van der Waals surface area contributed by atoms with E-state index in [9.17, 15) is 33.9 Å². The van der Waals surface area contributed by atoms with Crippen molar-refractivity contribution in [2.75, 3.05) is 25.4 Å². The summed E-state index contributed by atoms with van der Waals surface area (Å²) in [6.07, 6.45) is -2.04. The number of rotatable bonds is 18. The molecule has 0 aliphatic heterocycles. The maximum absolute atomic E-state index is 12.2. The van der Waals surface area contributed by atoms with Crippen molar-refractivity contribution >= 4 is 46.6 Å². The number of carbonyl (C=O) groups is 6. The van der Waals surface area contributed by atoms with Gasteiger partial charge in [-0.2, -0.15) is 0 Å². The third kappa shape index (κ3) is 14.6. The average Bonchev–Trinajstić information content (AvgIpc) is 2.81. The molecule has 0 bridgehead atoms. The van der Waals surface area contributed by atoms with Gasteiger partial charge >= 0.3 is 17.9 Å². The van der Waals surface area contributed by atoms with Crippen molar-refractivity contribution in [2.45, 2.75) is 64.1 Å². The molecule has 0 aromatic carbocycles. The summed E-state index contributed by atoms with van der Waals surface area (Å²) in [7, 11) is 0. The van der Waals surface area contributed by atoms with Crippen LogP contribution in [0.15, 0.2) is 0 Å². The molecule has 3 atom stereocenters. The smallest absolute Gasteiger partial charge is 0.322 e. The third-order valence-corrected chi connectivity index (χ3v) is 5.80. The average molecular weight is 537 g/mol. The molecule has 0 radical (unpaired) electrons. The van der Waals surface area contributed by atoms with Gasteiger partial charge in [-0.15, -0.1) is 0 Å². The van der Waals surface area contributed by atoms with Gasteiger partial charge < -0.3 is 42.2 Å². The third-order valence-electron chi connectivity index (χ3n) is 4.86. The quantitative estimate of drug-likeness (QED) is 0.0754. The van der Waals surface area contributed by atoms with Gasteiger partial charge in [0.1, 0.15) is 18.2 Å². The molecule has 0 rings (SSSR count). The van der Waals surface area contributed by atoms with E-state index < -0.39 is 53.3 Å². The molecule has 9 N–H and O–H groups in total. The number of thioether (sulfide) groups is 1. The molecule has 206 valence electrons. The maximum atomic E-state index is 12.2. The first-order valence-electron chi connectivity index (χ1n) is 11.2. The molecule has 0 aromatic heterocycles. The van der Waals surface area contributed by atoms with Crippen LogP contribution in [0, 0.1) is 5.41 Å². The van der Waals surface area contributed by atoms with E-state index in [0.717, 1.165) is 11.8 Å². The topological polar surface area (TPSA) is 248 Å². The van der Waals surface area contributed by atoms with Crippen LogP contribution in [0.4, 0.5) is 0 Å². The van der Waals surface area contributed by atoms with Crippen LogP contribution < -0.4 is 22.1 Å². The van der Waals surface area contributed by atoms with Crippen LogP contribution in [-0.2, 0) is 33.5 Å². The van der Waals surface area contributed by atoms with Crippen LogP contribution in [0.25, 0.3) is 0 Å². The van der Waals surface area contributed by atoms with Gasteiger partial charge in [0.2, 0.25) is 11.8 Å². The largest absolute Gasteiger partial charge is 0.481 e. The zero-order chi connectivity index (χ0) is 27.9. The molecule has 0 aromatic rings. The molecule has 0 spiro atoms. The lowest BCUT2D eigenvalue weighted by atomic mass is 9.87. The van der Waals surface area contributed by atoms with Gasteiger partial charge in [-0.25, -0.2) is 0 Å². The first-order valence-corrected chi connectivity index (χ1v) is 12.2. The molecule has 0 saturated carbocycles. The summed E-state index contributed by atoms with van der Waals surface area (Å²) in [6, 6.07) is -2.24. The summed E-state index contributed by atoms with van der Waals surface area (Å²) in [5.74, 6) is -4.03. The number of hydrogen-bond donors (Lipinski definition) is 7. The van der Waals surface area contributed by atoms with E-state index in [1.165, 1.54) is 13.8 Å². The lowest BCUT2D eigenvalue weighted by Gasteiger charge is -2.29. The lowest BCUT2D eigenvalue weighted by molar-refractivity contribution is -0.154. The Kier molecular flexibility index (Phi) is 15.6. The standard InChI is InChI=1S/C21H36N4O10S/c1-21(2,11-35-20(34)13(23)3-5-15(27)28)17(30)18(31)25-8-7-14(26)24-9-10-36-16(29)6-4-12(22)19(32)33/h12-13,17,30H,3-11,22-23H2,1-2H3,(H,24,26)(H,25,31)(H,27,28)(H,32,33)/t12-,13-,17-/m0/s1. The number of carboxylic acids is 2. The summed E-state index contributed by atoms with van der Waals surface area (Å²) in [6.45, 7) is 2.73. The van der Waals surface area contributed by atoms with E-state index in [4.69, 9.17) is 26.4 Å². The number of aliphatic hydroxyl groups excluding tert-OH is 1. The minimum Gasteiger partial charge on any atom is -0.481 e. The molecule has 0 saturated heterocycles. The van der Waals surface area contributed by atoms with Crippen molar-refractivity contribution < 1.29 is 48.8 Å². The van der Waals surface area contributed by atoms with Crippen LogP contribution >= 0.6 is 11.8 Å². The van der Waals surface area contributed by atoms with Crippen molar-refractivity contribution in [3.63, 3.8) is 0 Å². The summed E-state index contributed by atoms with van der Waals surface area (Å²) in [4.78, 5) is 68.7. The highest BCUT2D eigenvalue weighted by atomic mass is 32.2. The molecule has 14 nitrogen and oxygen atoms in total. The van der Waals surface area contributed by atoms with Gasteiger partial charge in [0.25, 0.3) is 0 Å². The SMILES string of the molecule is CC(C)(COC(=O)[C@@H](N)CCC(=O)O)[C@@H](O)C(=O)NCCC(=O)NCCSC(=O)CC[C@H](N)C(=O)O. The molecule has 15 heteroatoms. The van der Waals surface area contributed by atoms with Gasteiger partial charge in [-0.3, -0.25) is 28.8 Å². The Labute approximate surface area is 212 Å². The Morgan fingerprint density at radius 1 is 0.917 bits per heavy atom. The van der Waals surface area contributed by atoms with E-state index in [1.807, 2.05) is 0 Å². The number of aliphatic hydroxyl groups is 1. The highest BCUT2D eigenvalue weighted by Gasteiger charge is 2.35. The molecular weight excluding hydrogens is 500 g/mol. The number of carboxylic acid groups (broad SMARTS) is 2. The van der Waals surface area contributed by atoms with Crippen molar-refractivity contribution in [3.05, 3.63) is 0 Å². The second kappa shape index (κ2) is 16.8. The number of ether oxygens (including phenoxy) is 1. The van der Waals surface area contributed by atoms with Crippen LogP contribution in [0.5, 0.6) is 0 Å². The summed E-state index contributed by atoms with van der Waals surface area (Å²) < 4.78 is 5.00. The molecule has 0 unspecified atom stereocenters. The Balaban J connectivity index is 4.19. The van der Waals surface area contributed by atoms with Crippen molar-refractivity contribution in [2.24, 2.45) is 16.9 Å². The minimum absolute atomic E-state index is 0.00745. The maximum Gasteiger partial charge on any atom is 0.322 e. The fraction of sp³-hybridized carbons (Fsp3) is 0.714. The normalized spacial score (nSPS) is 13.7. The minimum atomic E-state index is -1.57. The van der Waals surface area contributed by atoms with E-state index in [2.05, 4.69) is 10.6 Å². The van der Waals surface area contributed by atoms with E-state index in [0.29, 0.717) is 0 Å². The Morgan fingerprint density at radius 2 is 1.53 bits per heavy atom. The molecule has 0 aliphatic rings. The van der Waals surface area contributed by atoms with Crippen molar-refractivity contribution in [3.8, 4) is 0 Å². The number of nitrogens with one attached hydrogen (secondary N) is 2. The molecule has 2 amide bonds. The van der Waals surface area contributed by atoms with Crippen LogP contribution in [0.1, 0.15) is 46.0 Å². The predicted molar refractivity (Wildman–Crippen MR) is 129 cm³/mol. The zero-order valence-corrected chi connectivity index (χ0v) is 21.2. The monoisotopic (exact) mass is 536 g/mol. The van der Waals surface area contributed by atoms with Crippen LogP contribution in [0.3, 0.4) is 0 Å².